The van der Waals surface area contributed by atoms with Crippen LogP contribution in [0.1, 0.15) is 25.7 Å². The number of carbonyl (C=O) groups is 4. The summed E-state index contributed by atoms with van der Waals surface area (Å²) in [4.78, 5) is 303. The van der Waals surface area contributed by atoms with Crippen molar-refractivity contribution in [1.82, 2.24) is 10.6 Å². The van der Waals surface area contributed by atoms with Crippen molar-refractivity contribution in [3.05, 3.63) is 0 Å². The van der Waals surface area contributed by atoms with Gasteiger partial charge < -0.3 is 310 Å². The van der Waals surface area contributed by atoms with Gasteiger partial charge in [-0.2, -0.15) is 0 Å². The molecule has 0 aromatic carbocycles. The molecule has 119 heavy (non-hydrogen) atoms. The van der Waals surface area contributed by atoms with Gasteiger partial charge in [-0.15, -0.1) is 0 Å². The first-order chi connectivity index (χ1) is 45.7. The Balaban J connectivity index is -0.0000000662. The summed E-state index contributed by atoms with van der Waals surface area (Å²) in [5.74, 6) is -2.76. The maximum Gasteiger partial charge on any atom is 2.00 e. The molecule has 0 spiro atoms. The zero-order chi connectivity index (χ0) is 83.7. The number of phosphoric ester groups is 12. The van der Waals surface area contributed by atoms with E-state index in [4.69, 9.17) is 63.8 Å². The van der Waals surface area contributed by atoms with Crippen molar-refractivity contribution in [2.45, 2.75) is 111 Å². The van der Waals surface area contributed by atoms with Gasteiger partial charge in [-0.05, 0) is 38.0 Å². The van der Waals surface area contributed by atoms with Crippen LogP contribution >= 0.6 is 93.9 Å². The first-order valence-corrected chi connectivity index (χ1v) is 41.5. The number of aliphatic carboxylic acids is 2. The van der Waals surface area contributed by atoms with E-state index in [2.05, 4.69) is 64.9 Å². The fourth-order valence-electron chi connectivity index (χ4n) is 6.80. The standard InChI is InChI=1S/2C6H14N4O2.2C6H18O24P6.2CH2O3.15Ca/c2*7-4(5(11)12)2-1-3-10-6(8)9;2*7-31(8,9)25-1-2(26-32(10,11)12)4(28-34(16,17)18)6(30-36(22,23)24)5(29-35(19,20)21)3(1)27-33(13,14)15;2*2-1(3)4;;;;;;;;;;;;;;;/h2*4H,1-3,7H2,(H,11,12)(H4,8,9,10);2*1-6H,(H2,7,8,9)(H2,10,11,12)(H2,13,14,15)(H2,16,17,18)(H2,19,20,21)(H2,22,23,24);2*(H2,2,3,4);;;;;;;;;;;;;;;/q;;;;;;15*+2/p-30/t2*4-;2*1-,2-,3-,4+,5-,6-;;;;;;;;;;;;;;;;;/m00.................../s1. The van der Waals surface area contributed by atoms with Crippen molar-refractivity contribution in [1.29, 1.82) is 10.8 Å². The number of carboxylic acid groups (broad SMARTS) is 6. The Morgan fingerprint density at radius 1 is 0.252 bits per heavy atom. The van der Waals surface area contributed by atoms with Crippen LogP contribution < -0.4 is 182 Å². The van der Waals surface area contributed by atoms with Crippen LogP contribution in [0.4, 0.5) is 9.59 Å². The van der Waals surface area contributed by atoms with E-state index in [1.54, 1.807) is 0 Å². The smallest absolute Gasteiger partial charge is 0.790 e. The van der Waals surface area contributed by atoms with E-state index in [0.29, 0.717) is 38.8 Å². The van der Waals surface area contributed by atoms with E-state index >= 15 is 0 Å². The fourth-order valence-corrected chi connectivity index (χ4v) is 13.3. The van der Waals surface area contributed by atoms with Crippen LogP contribution in [0.15, 0.2) is 0 Å². The summed E-state index contributed by atoms with van der Waals surface area (Å²) in [7, 11) is -80.2. The number of nitrogens with one attached hydrogen (secondary N) is 4. The summed E-state index contributed by atoms with van der Waals surface area (Å²) in [6, 6.07) is -1.86. The Hall–Kier alpha value is 16.2. The molecule has 0 aromatic heterocycles. The van der Waals surface area contributed by atoms with Crippen LogP contribution in [0, 0.1) is 10.8 Å². The Labute approximate surface area is 1110 Å². The molecule has 66 nitrogen and oxygen atoms in total. The third kappa shape index (κ3) is 110. The molecule has 0 aliphatic heterocycles. The molecule has 2 rings (SSSR count). The van der Waals surface area contributed by atoms with Crippen LogP contribution in [-0.2, 0) is 119 Å². The number of hydrogen-bond donors (Lipinski definition) is 8. The third-order valence-corrected chi connectivity index (χ3v) is 15.5. The van der Waals surface area contributed by atoms with Crippen LogP contribution in [-0.4, -0.2) is 701 Å². The van der Waals surface area contributed by atoms with Gasteiger partial charge in [0.25, 0.3) is 0 Å². The second-order valence-corrected chi connectivity index (χ2v) is 30.8. The topological polar surface area (TPSA) is 1250 Å². The van der Waals surface area contributed by atoms with Crippen molar-refractivity contribution in [2.24, 2.45) is 22.9 Å². The summed E-state index contributed by atoms with van der Waals surface area (Å²) in [5.41, 5.74) is 20.3. The van der Waals surface area contributed by atoms with Crippen molar-refractivity contribution < 1.29 is 276 Å². The predicted octanol–water partition coefficient (Wildman–Crippen LogP) is -37.4. The Morgan fingerprint density at radius 3 is 0.395 bits per heavy atom. The Bertz CT molecular complexity index is 2770. The molecule has 0 bridgehead atoms. The van der Waals surface area contributed by atoms with Gasteiger partial charge in [-0.1, -0.05) is 0 Å². The van der Waals surface area contributed by atoms with Gasteiger partial charge in [0.15, 0.2) is 11.9 Å². The van der Waals surface area contributed by atoms with Gasteiger partial charge >= 0.3 is 566 Å². The molecule has 620 valence electrons. The van der Waals surface area contributed by atoms with Crippen LogP contribution in [0.2, 0.25) is 0 Å². The Morgan fingerprint density at radius 2 is 0.336 bits per heavy atom. The van der Waals surface area contributed by atoms with E-state index in [9.17, 15) is 192 Å². The predicted molar refractivity (Wildman–Crippen MR) is 331 cm³/mol. The van der Waals surface area contributed by atoms with E-state index in [1.807, 2.05) is 0 Å². The van der Waals surface area contributed by atoms with Crippen LogP contribution in [0.5, 0.6) is 0 Å². The Kier molecular flexibility index (Phi) is 127. The summed E-state index contributed by atoms with van der Waals surface area (Å²) >= 11 is 0. The summed E-state index contributed by atoms with van der Waals surface area (Å²) < 4.78 is 177. The molecule has 0 unspecified atom stereocenters. The maximum atomic E-state index is 11.1. The van der Waals surface area contributed by atoms with Crippen molar-refractivity contribution in [3.8, 4) is 0 Å². The van der Waals surface area contributed by atoms with Gasteiger partial charge in [0.2, 0.25) is 0 Å². The molecule has 0 heterocycles. The molecule has 0 amide bonds. The molecule has 2 atom stereocenters. The third-order valence-electron chi connectivity index (χ3n) is 9.52. The van der Waals surface area contributed by atoms with Gasteiger partial charge in [-0.3, -0.25) is 10.8 Å². The van der Waals surface area contributed by atoms with Crippen molar-refractivity contribution in [3.63, 3.8) is 0 Å². The van der Waals surface area contributed by atoms with E-state index in [0.717, 1.165) is 0 Å². The molecule has 0 radical (unpaired) electrons. The van der Waals surface area contributed by atoms with Crippen LogP contribution in [0.3, 0.4) is 0 Å². The van der Waals surface area contributed by atoms with Crippen molar-refractivity contribution >= 4 is 696 Å². The molecule has 93 heteroatoms. The van der Waals surface area contributed by atoms with Gasteiger partial charge in [0.05, 0.1) is 106 Å². The number of nitrogens with two attached hydrogens (primary N) is 4. The first-order valence-electron chi connectivity index (χ1n) is 24.0. The zero-order valence-corrected chi connectivity index (χ0v) is 103. The van der Waals surface area contributed by atoms with Gasteiger partial charge in [-0.25, -0.2) is 0 Å². The van der Waals surface area contributed by atoms with E-state index in [-0.39, 0.29) is 578 Å². The number of hydrogen-bond acceptors (Lipinski definition) is 62. The van der Waals surface area contributed by atoms with Crippen LogP contribution in [0.25, 0.3) is 0 Å². The number of rotatable bonds is 34. The second kappa shape index (κ2) is 84.1. The summed E-state index contributed by atoms with van der Waals surface area (Å²) in [5, 5.41) is 72.1. The SMILES string of the molecule is N=C(N)NCCC[C@H](N)C(=O)[O-].N=C(N)NCCC[C@H](N)C(=O)[O-].O=C([O-])[O-].O=C([O-])[O-].O=P([O-])([O-])O[C@H]1[C@H](OP(=O)([O-])[O-])[C@@H](OP(=O)([O-])[O-])[C@H](OP(=O)([O-])[O-])[C@@H](OP(=O)([O-])[O-])[C@H]1OP(=O)([O-])[O-].O=P([O-])([O-])O[C@H]1[C@H](OP(=O)([O-])[O-])[C@@H](OP(=O)([O-])[O-])[C@H](OP(=O)([O-])[O-])[C@@H](OP(=O)([O-])[O-])[C@H]1OP(=O)([O-])[O-].[Ca+2].[Ca+2].[Ca+2].[Ca+2].[Ca+2].[Ca+2].[Ca+2].[Ca+2].[Ca+2].[Ca+2].[Ca+2].[Ca+2].[Ca+2].[Ca+2].[Ca+2]. The molecular weight excluding hydrogens is 2330 g/mol. The number of guanidine groups is 2. The average Bonchev–Trinajstić information content (AvgIpc) is 0.750. The number of phosphoric acid groups is 12. The minimum atomic E-state index is -6.68. The van der Waals surface area contributed by atoms with Gasteiger partial charge in [0.1, 0.15) is 73.2 Å². The number of carbonyl (C=O) groups excluding carboxylic acids is 4. The quantitative estimate of drug-likeness (QED) is 0.00975. The molecular formula is C26H38Ca15N8O58P12. The molecule has 0 saturated heterocycles. The summed E-state index contributed by atoms with van der Waals surface area (Å²) in [6.07, 6.45) is -45.9. The van der Waals surface area contributed by atoms with E-state index < -0.39 is 203 Å². The first kappa shape index (κ1) is 180. The zero-order valence-electron chi connectivity index (χ0n) is 59.3. The van der Waals surface area contributed by atoms with E-state index in [1.165, 1.54) is 0 Å². The summed E-state index contributed by atoms with van der Waals surface area (Å²) in [6.45, 7) is 0.909. The molecule has 2 aliphatic rings. The molecule has 2 fully saturated rings. The molecule has 2 saturated carbocycles. The molecule has 0 aromatic rings. The van der Waals surface area contributed by atoms with Crippen molar-refractivity contribution in [2.75, 3.05) is 13.1 Å². The molecule has 2 aliphatic carbocycles. The minimum Gasteiger partial charge on any atom is -0.790 e. The minimum absolute atomic E-state index is 0. The largest absolute Gasteiger partial charge is 2.00 e. The normalized spacial score (nSPS) is 20.6. The average molecular weight is 2360 g/mol. The monoisotopic (exact) mass is 2360 g/mol. The molecule has 12 N–H and O–H groups in total. The fraction of sp³-hybridized carbons (Fsp3) is 0.769. The number of carboxylic acids is 2. The maximum absolute atomic E-state index is 11.1. The van der Waals surface area contributed by atoms with Gasteiger partial charge in [0, 0.05) is 25.2 Å². The second-order valence-electron chi connectivity index (χ2n) is 17.5.